The second-order valence-electron chi connectivity index (χ2n) is 7.32. The first-order chi connectivity index (χ1) is 14.6. The van der Waals surface area contributed by atoms with Crippen LogP contribution in [0.5, 0.6) is 0 Å². The number of hydrogen-bond donors (Lipinski definition) is 4. The number of carboxylic acids is 4. The zero-order chi connectivity index (χ0) is 23.0. The molecular formula is C19H26GdN4O8+3. The van der Waals surface area contributed by atoms with Crippen molar-refractivity contribution in [3.63, 3.8) is 0 Å². The smallest absolute Gasteiger partial charge is 0.481 e. The molecule has 1 atom stereocenters. The number of rotatable bonds is 8. The van der Waals surface area contributed by atoms with Gasteiger partial charge in [0.05, 0.1) is 30.9 Å². The Balaban J connectivity index is 0.00000512. The van der Waals surface area contributed by atoms with E-state index in [1.807, 2.05) is 0 Å². The van der Waals surface area contributed by atoms with Gasteiger partial charge in [-0.05, 0) is 12.1 Å². The molecule has 0 saturated heterocycles. The van der Waals surface area contributed by atoms with Crippen LogP contribution in [0.3, 0.4) is 0 Å². The van der Waals surface area contributed by atoms with E-state index >= 15 is 0 Å². The van der Waals surface area contributed by atoms with Gasteiger partial charge in [0.1, 0.15) is 6.04 Å². The van der Waals surface area contributed by atoms with Crippen molar-refractivity contribution in [1.82, 2.24) is 19.7 Å². The Morgan fingerprint density at radius 1 is 0.812 bits per heavy atom. The fraction of sp³-hybridized carbons (Fsp3) is 0.526. The third kappa shape index (κ3) is 9.80. The van der Waals surface area contributed by atoms with Crippen LogP contribution in [0.1, 0.15) is 17.8 Å². The molecule has 2 bridgehead atoms. The number of pyridine rings is 1. The van der Waals surface area contributed by atoms with E-state index in [9.17, 15) is 34.5 Å². The van der Waals surface area contributed by atoms with Gasteiger partial charge in [-0.3, -0.25) is 38.9 Å². The molecule has 0 aliphatic carbocycles. The standard InChI is InChI=1S/C19H26N4O8.Gd/c24-16(25)8-15(19(30)31)23-6-4-21(11-17(26)27)9-13-2-1-3-14(20-13)10-22(5-7-23)12-18(28)29;/h1-3,15H,4-12H2,(H,24,25)(H,26,27)(H,28,29)(H,30,31);/q;+3. The molecule has 1 radical (unpaired) electrons. The van der Waals surface area contributed by atoms with Gasteiger partial charge in [-0.15, -0.1) is 0 Å². The molecule has 32 heavy (non-hydrogen) atoms. The van der Waals surface area contributed by atoms with E-state index in [1.54, 1.807) is 28.0 Å². The van der Waals surface area contributed by atoms with Gasteiger partial charge in [-0.2, -0.15) is 0 Å². The number of hydrogen-bond acceptors (Lipinski definition) is 8. The molecule has 0 aromatic carbocycles. The van der Waals surface area contributed by atoms with Gasteiger partial charge in [0.25, 0.3) is 0 Å². The SMILES string of the molecule is O=C(O)CC(C(=O)O)N1CCN(CC(=O)O)Cc2cccc(n2)CN(CC(=O)O)CC1.[Gd+3]. The van der Waals surface area contributed by atoms with Crippen molar-refractivity contribution >= 4 is 23.9 Å². The third-order valence-electron chi connectivity index (χ3n) is 4.85. The maximum Gasteiger partial charge on any atom is 3.00 e. The molecule has 175 valence electrons. The Morgan fingerprint density at radius 2 is 1.28 bits per heavy atom. The molecule has 4 N–H and O–H groups in total. The van der Waals surface area contributed by atoms with Crippen LogP contribution in [0, 0.1) is 39.9 Å². The van der Waals surface area contributed by atoms with Crippen molar-refractivity contribution in [2.45, 2.75) is 25.6 Å². The normalized spacial score (nSPS) is 17.2. The maximum absolute atomic E-state index is 11.7. The molecule has 1 aromatic heterocycles. The second kappa shape index (κ2) is 13.7. The number of nitrogens with zero attached hydrogens (tertiary/aromatic N) is 4. The summed E-state index contributed by atoms with van der Waals surface area (Å²) in [5.41, 5.74) is 1.20. The van der Waals surface area contributed by atoms with Crippen LogP contribution < -0.4 is 0 Å². The van der Waals surface area contributed by atoms with Crippen LogP contribution in [0.15, 0.2) is 18.2 Å². The first kappa shape index (κ1) is 28.3. The van der Waals surface area contributed by atoms with Gasteiger partial charge in [0, 0.05) is 39.3 Å². The predicted octanol–water partition coefficient (Wildman–Crippen LogP) is -0.902. The molecule has 1 unspecified atom stereocenters. The first-order valence-electron chi connectivity index (χ1n) is 9.65. The molecule has 1 aliphatic rings. The molecule has 2 heterocycles. The fourth-order valence-electron chi connectivity index (χ4n) is 3.48. The largest absolute Gasteiger partial charge is 3.00 e. The molecule has 12 nitrogen and oxygen atoms in total. The monoisotopic (exact) mass is 596 g/mol. The molecule has 1 aromatic rings. The summed E-state index contributed by atoms with van der Waals surface area (Å²) in [5, 5.41) is 37.1. The van der Waals surface area contributed by atoms with Crippen LogP contribution in [0.2, 0.25) is 0 Å². The van der Waals surface area contributed by atoms with Gasteiger partial charge in [0.2, 0.25) is 0 Å². The molecule has 0 amide bonds. The van der Waals surface area contributed by atoms with Gasteiger partial charge >= 0.3 is 63.8 Å². The van der Waals surface area contributed by atoms with Gasteiger partial charge in [-0.1, -0.05) is 6.07 Å². The van der Waals surface area contributed by atoms with Crippen molar-refractivity contribution in [2.75, 3.05) is 39.3 Å². The zero-order valence-corrected chi connectivity index (χ0v) is 19.5. The summed E-state index contributed by atoms with van der Waals surface area (Å²) in [6.07, 6.45) is -0.631. The molecule has 1 aliphatic heterocycles. The predicted molar refractivity (Wildman–Crippen MR) is 105 cm³/mol. The zero-order valence-electron chi connectivity index (χ0n) is 17.2. The molecule has 0 fully saturated rings. The Hall–Kier alpha value is -1.77. The Morgan fingerprint density at radius 3 is 1.66 bits per heavy atom. The Bertz CT molecular complexity index is 779. The van der Waals surface area contributed by atoms with E-state index in [2.05, 4.69) is 4.98 Å². The summed E-state index contributed by atoms with van der Waals surface area (Å²) in [6, 6.07) is 3.90. The Labute approximate surface area is 216 Å². The molecular weight excluding hydrogens is 569 g/mol. The van der Waals surface area contributed by atoms with E-state index < -0.39 is 36.3 Å². The summed E-state index contributed by atoms with van der Waals surface area (Å²) in [5.74, 6) is -4.69. The Kier molecular flexibility index (Phi) is 12.1. The fourth-order valence-corrected chi connectivity index (χ4v) is 3.48. The van der Waals surface area contributed by atoms with Crippen molar-refractivity contribution in [3.8, 4) is 0 Å². The van der Waals surface area contributed by atoms with E-state index in [4.69, 9.17) is 5.11 Å². The topological polar surface area (TPSA) is 172 Å². The van der Waals surface area contributed by atoms with Crippen molar-refractivity contribution in [3.05, 3.63) is 29.6 Å². The second-order valence-corrected chi connectivity index (χ2v) is 7.32. The van der Waals surface area contributed by atoms with E-state index in [0.29, 0.717) is 11.4 Å². The number of carbonyl (C=O) groups is 4. The van der Waals surface area contributed by atoms with Gasteiger partial charge in [0.15, 0.2) is 0 Å². The minimum absolute atomic E-state index is 0. The van der Waals surface area contributed by atoms with Gasteiger partial charge < -0.3 is 20.4 Å². The van der Waals surface area contributed by atoms with E-state index in [1.165, 1.54) is 4.90 Å². The van der Waals surface area contributed by atoms with Crippen LogP contribution in [0.4, 0.5) is 0 Å². The average molecular weight is 596 g/mol. The van der Waals surface area contributed by atoms with Crippen molar-refractivity contribution in [2.24, 2.45) is 0 Å². The van der Waals surface area contributed by atoms with E-state index in [-0.39, 0.29) is 92.3 Å². The molecule has 0 saturated carbocycles. The van der Waals surface area contributed by atoms with Crippen LogP contribution in [-0.2, 0) is 32.3 Å². The number of aliphatic carboxylic acids is 4. The van der Waals surface area contributed by atoms with Crippen LogP contribution in [-0.4, -0.2) is 109 Å². The number of aromatic nitrogens is 1. The maximum atomic E-state index is 11.7. The minimum Gasteiger partial charge on any atom is -0.481 e. The van der Waals surface area contributed by atoms with Crippen LogP contribution >= 0.6 is 0 Å². The van der Waals surface area contributed by atoms with Gasteiger partial charge in [-0.25, -0.2) is 0 Å². The minimum atomic E-state index is -1.32. The molecule has 13 heteroatoms. The summed E-state index contributed by atoms with van der Waals surface area (Å²) in [6.45, 7) is 0.341. The summed E-state index contributed by atoms with van der Waals surface area (Å²) >= 11 is 0. The van der Waals surface area contributed by atoms with Crippen molar-refractivity contribution < 1.29 is 79.5 Å². The average Bonchev–Trinajstić information content (AvgIpc) is 2.64. The quantitative estimate of drug-likeness (QED) is 0.292. The van der Waals surface area contributed by atoms with E-state index in [0.717, 1.165) is 0 Å². The number of carboxylic acid groups (broad SMARTS) is 4. The summed E-state index contributed by atoms with van der Waals surface area (Å²) in [4.78, 5) is 54.6. The molecule has 2 rings (SSSR count). The van der Waals surface area contributed by atoms with Crippen molar-refractivity contribution in [1.29, 1.82) is 0 Å². The third-order valence-corrected chi connectivity index (χ3v) is 4.85. The summed E-state index contributed by atoms with van der Waals surface area (Å²) in [7, 11) is 0. The first-order valence-corrected chi connectivity index (χ1v) is 9.65. The summed E-state index contributed by atoms with van der Waals surface area (Å²) < 4.78 is 0. The molecule has 0 spiro atoms. The van der Waals surface area contributed by atoms with Crippen LogP contribution in [0.25, 0.3) is 0 Å². The number of fused-ring (bicyclic) bond motifs is 2.